The third kappa shape index (κ3) is 3.20. The Hall–Kier alpha value is -0.690. The van der Waals surface area contributed by atoms with E-state index in [2.05, 4.69) is 9.71 Å². The average molecular weight is 291 g/mol. The molecule has 0 spiro atoms. The van der Waals surface area contributed by atoms with Crippen LogP contribution in [-0.4, -0.2) is 32.2 Å². The van der Waals surface area contributed by atoms with Crippen LogP contribution in [0, 0.1) is 0 Å². The Kier molecular flexibility index (Phi) is 4.21. The lowest BCUT2D eigenvalue weighted by Gasteiger charge is -2.19. The molecule has 2 rings (SSSR count). The molecule has 0 aromatic carbocycles. The highest BCUT2D eigenvalue weighted by atomic mass is 35.5. The van der Waals surface area contributed by atoms with Crippen molar-refractivity contribution in [2.75, 3.05) is 6.61 Å². The van der Waals surface area contributed by atoms with Crippen molar-refractivity contribution in [3.05, 3.63) is 23.5 Å². The molecule has 2 atom stereocenters. The van der Waals surface area contributed by atoms with Crippen LogP contribution in [0.5, 0.6) is 0 Å². The quantitative estimate of drug-likeness (QED) is 0.855. The Morgan fingerprint density at radius 1 is 1.61 bits per heavy atom. The first kappa shape index (κ1) is 13.7. The third-order valence-electron chi connectivity index (χ3n) is 2.87. The summed E-state index contributed by atoms with van der Waals surface area (Å²) < 4.78 is 32.3. The summed E-state index contributed by atoms with van der Waals surface area (Å²) in [6.07, 6.45) is 3.16. The lowest BCUT2D eigenvalue weighted by molar-refractivity contribution is 0.0902. The normalized spacial score (nSPS) is 22.0. The van der Waals surface area contributed by atoms with Crippen LogP contribution in [0.2, 0.25) is 5.15 Å². The van der Waals surface area contributed by atoms with E-state index in [9.17, 15) is 8.42 Å². The first-order chi connectivity index (χ1) is 8.49. The minimum Gasteiger partial charge on any atom is -0.377 e. The minimum absolute atomic E-state index is 0.0583. The molecule has 0 amide bonds. The number of halogens is 1. The van der Waals surface area contributed by atoms with Crippen molar-refractivity contribution in [2.45, 2.75) is 36.8 Å². The molecule has 2 unspecified atom stereocenters. The van der Waals surface area contributed by atoms with Gasteiger partial charge in [0.15, 0.2) is 0 Å². The maximum absolute atomic E-state index is 12.1. The largest absolute Gasteiger partial charge is 0.377 e. The first-order valence-electron chi connectivity index (χ1n) is 5.74. The van der Waals surface area contributed by atoms with Crippen LogP contribution in [0.15, 0.2) is 23.2 Å². The summed E-state index contributed by atoms with van der Waals surface area (Å²) in [6.45, 7) is 2.49. The fourth-order valence-electron chi connectivity index (χ4n) is 1.94. The molecule has 100 valence electrons. The van der Waals surface area contributed by atoms with Gasteiger partial charge in [0.2, 0.25) is 10.0 Å². The van der Waals surface area contributed by atoms with Gasteiger partial charge in [0, 0.05) is 18.8 Å². The van der Waals surface area contributed by atoms with Crippen LogP contribution in [-0.2, 0) is 14.8 Å². The van der Waals surface area contributed by atoms with Gasteiger partial charge in [0.25, 0.3) is 0 Å². The van der Waals surface area contributed by atoms with E-state index < -0.39 is 10.0 Å². The van der Waals surface area contributed by atoms with E-state index in [1.807, 2.05) is 0 Å². The zero-order valence-electron chi connectivity index (χ0n) is 9.97. The van der Waals surface area contributed by atoms with Crippen molar-refractivity contribution < 1.29 is 13.2 Å². The van der Waals surface area contributed by atoms with Crippen LogP contribution in [0.1, 0.15) is 19.8 Å². The molecule has 1 N–H and O–H groups in total. The molecule has 1 saturated heterocycles. The van der Waals surface area contributed by atoms with E-state index in [-0.39, 0.29) is 22.2 Å². The number of sulfonamides is 1. The van der Waals surface area contributed by atoms with Crippen molar-refractivity contribution in [1.29, 1.82) is 0 Å². The number of rotatable bonds is 4. The fraction of sp³-hybridized carbons (Fsp3) is 0.545. The Balaban J connectivity index is 2.11. The molecular weight excluding hydrogens is 276 g/mol. The standard InChI is InChI=1S/C11H15ClN2O3S/c1-8(10-3-2-6-17-10)14-18(15,16)9-4-5-13-11(12)7-9/h4-5,7-8,10,14H,2-3,6H2,1H3. The van der Waals surface area contributed by atoms with Crippen molar-refractivity contribution in [1.82, 2.24) is 9.71 Å². The summed E-state index contributed by atoms with van der Waals surface area (Å²) >= 11 is 5.69. The van der Waals surface area contributed by atoms with Gasteiger partial charge >= 0.3 is 0 Å². The fourth-order valence-corrected chi connectivity index (χ4v) is 3.46. The molecule has 0 saturated carbocycles. The van der Waals surface area contributed by atoms with Crippen LogP contribution >= 0.6 is 11.6 Å². The molecule has 1 aromatic heterocycles. The summed E-state index contributed by atoms with van der Waals surface area (Å²) in [5.74, 6) is 0. The van der Waals surface area contributed by atoms with E-state index in [0.717, 1.165) is 12.8 Å². The van der Waals surface area contributed by atoms with Crippen LogP contribution in [0.3, 0.4) is 0 Å². The number of nitrogens with one attached hydrogen (secondary N) is 1. The second-order valence-corrected chi connectivity index (χ2v) is 6.38. The summed E-state index contributed by atoms with van der Waals surface area (Å²) in [5, 5.41) is 0.155. The lowest BCUT2D eigenvalue weighted by atomic mass is 10.1. The minimum atomic E-state index is -3.57. The van der Waals surface area contributed by atoms with Crippen molar-refractivity contribution >= 4 is 21.6 Å². The third-order valence-corrected chi connectivity index (χ3v) is 4.64. The van der Waals surface area contributed by atoms with Gasteiger partial charge in [-0.05, 0) is 31.9 Å². The van der Waals surface area contributed by atoms with E-state index in [1.54, 1.807) is 6.92 Å². The SMILES string of the molecule is CC(NS(=O)(=O)c1ccnc(Cl)c1)C1CCCO1. The maximum Gasteiger partial charge on any atom is 0.241 e. The molecule has 1 aliphatic rings. The van der Waals surface area contributed by atoms with Gasteiger partial charge < -0.3 is 4.74 Å². The number of hydrogen-bond acceptors (Lipinski definition) is 4. The summed E-state index contributed by atoms with van der Waals surface area (Å²) in [7, 11) is -3.57. The average Bonchev–Trinajstić information content (AvgIpc) is 2.82. The van der Waals surface area contributed by atoms with Gasteiger partial charge in [-0.2, -0.15) is 0 Å². The Bertz CT molecular complexity index is 515. The van der Waals surface area contributed by atoms with Crippen LogP contribution < -0.4 is 4.72 Å². The zero-order valence-corrected chi connectivity index (χ0v) is 11.5. The molecule has 7 heteroatoms. The molecule has 0 aliphatic carbocycles. The zero-order chi connectivity index (χ0) is 13.2. The van der Waals surface area contributed by atoms with Gasteiger partial charge in [-0.3, -0.25) is 0 Å². The second-order valence-electron chi connectivity index (χ2n) is 4.28. The Morgan fingerprint density at radius 2 is 2.39 bits per heavy atom. The molecule has 5 nitrogen and oxygen atoms in total. The van der Waals surface area contributed by atoms with Gasteiger partial charge in [-0.25, -0.2) is 18.1 Å². The van der Waals surface area contributed by atoms with Gasteiger partial charge in [-0.1, -0.05) is 11.6 Å². The number of aromatic nitrogens is 1. The summed E-state index contributed by atoms with van der Waals surface area (Å²) in [6, 6.07) is 2.48. The highest BCUT2D eigenvalue weighted by Gasteiger charge is 2.27. The molecule has 18 heavy (non-hydrogen) atoms. The monoisotopic (exact) mass is 290 g/mol. The van der Waals surface area contributed by atoms with E-state index in [0.29, 0.717) is 6.61 Å². The van der Waals surface area contributed by atoms with Crippen molar-refractivity contribution in [3.63, 3.8) is 0 Å². The number of nitrogens with zero attached hydrogens (tertiary/aromatic N) is 1. The van der Waals surface area contributed by atoms with Gasteiger partial charge in [0.05, 0.1) is 11.0 Å². The number of pyridine rings is 1. The Morgan fingerprint density at radius 3 is 3.00 bits per heavy atom. The number of ether oxygens (including phenoxy) is 1. The topological polar surface area (TPSA) is 68.3 Å². The summed E-state index contributed by atoms with van der Waals surface area (Å²) in [5.41, 5.74) is 0. The number of hydrogen-bond donors (Lipinski definition) is 1. The highest BCUT2D eigenvalue weighted by Crippen LogP contribution is 2.18. The predicted octanol–water partition coefficient (Wildman–Crippen LogP) is 1.58. The molecule has 1 aliphatic heterocycles. The maximum atomic E-state index is 12.1. The van der Waals surface area contributed by atoms with E-state index in [1.165, 1.54) is 18.3 Å². The Labute approximate surface area is 112 Å². The van der Waals surface area contributed by atoms with Gasteiger partial charge in [-0.15, -0.1) is 0 Å². The molecule has 2 heterocycles. The van der Waals surface area contributed by atoms with Gasteiger partial charge in [0.1, 0.15) is 5.15 Å². The smallest absolute Gasteiger partial charge is 0.241 e. The molecule has 0 bridgehead atoms. The lowest BCUT2D eigenvalue weighted by Crippen LogP contribution is -2.40. The summed E-state index contributed by atoms with van der Waals surface area (Å²) in [4.78, 5) is 3.88. The first-order valence-corrected chi connectivity index (χ1v) is 7.60. The van der Waals surface area contributed by atoms with E-state index >= 15 is 0 Å². The second kappa shape index (κ2) is 5.52. The van der Waals surface area contributed by atoms with Crippen LogP contribution in [0.4, 0.5) is 0 Å². The predicted molar refractivity (Wildman–Crippen MR) is 68.0 cm³/mol. The van der Waals surface area contributed by atoms with Crippen molar-refractivity contribution in [3.8, 4) is 0 Å². The molecule has 0 radical (unpaired) electrons. The molecular formula is C11H15ClN2O3S. The molecule has 1 aromatic rings. The van der Waals surface area contributed by atoms with E-state index in [4.69, 9.17) is 16.3 Å². The van der Waals surface area contributed by atoms with Crippen molar-refractivity contribution in [2.24, 2.45) is 0 Å². The highest BCUT2D eigenvalue weighted by molar-refractivity contribution is 7.89. The molecule has 1 fully saturated rings. The van der Waals surface area contributed by atoms with Crippen LogP contribution in [0.25, 0.3) is 0 Å².